The predicted molar refractivity (Wildman–Crippen MR) is 72.7 cm³/mol. The van der Waals surface area contributed by atoms with Gasteiger partial charge in [0.1, 0.15) is 0 Å². The predicted octanol–water partition coefficient (Wildman–Crippen LogP) is 3.51. The average Bonchev–Trinajstić information content (AvgIpc) is 2.75. The summed E-state index contributed by atoms with van der Waals surface area (Å²) in [6.45, 7) is 8.04. The molecule has 1 rings (SSSR count). The summed E-state index contributed by atoms with van der Waals surface area (Å²) in [7, 11) is 0. The smallest absolute Gasteiger partial charge is 0.349 e. The van der Waals surface area contributed by atoms with Crippen LogP contribution in [0.1, 0.15) is 37.8 Å². The molecule has 1 N–H and O–H groups in total. The van der Waals surface area contributed by atoms with Crippen LogP contribution in [0.15, 0.2) is 0 Å². The van der Waals surface area contributed by atoms with Crippen molar-refractivity contribution in [1.29, 1.82) is 0 Å². The number of halogens is 3. The molecular weight excluding hydrogens is 275 g/mol. The molecular formula is C12H20F3N3S. The number of hydrogen-bond acceptors (Lipinski definition) is 4. The monoisotopic (exact) mass is 295 g/mol. The molecule has 0 radical (unpaired) electrons. The molecule has 0 bridgehead atoms. The normalized spacial score (nSPS) is 11.9. The summed E-state index contributed by atoms with van der Waals surface area (Å²) in [6, 6.07) is 0. The number of rotatable bonds is 7. The lowest BCUT2D eigenvalue weighted by molar-refractivity contribution is -0.141. The minimum atomic E-state index is -4.38. The van der Waals surface area contributed by atoms with Crippen molar-refractivity contribution in [2.45, 2.75) is 39.9 Å². The lowest BCUT2D eigenvalue weighted by atomic mass is 10.3. The first-order valence-electron chi connectivity index (χ1n) is 6.46. The summed E-state index contributed by atoms with van der Waals surface area (Å²) >= 11 is 1.13. The summed E-state index contributed by atoms with van der Waals surface area (Å²) in [5.41, 5.74) is -0.747. The average molecular weight is 295 g/mol. The summed E-state index contributed by atoms with van der Waals surface area (Å²) in [5, 5.41) is 3.45. The van der Waals surface area contributed by atoms with Gasteiger partial charge in [0.2, 0.25) is 0 Å². The van der Waals surface area contributed by atoms with Crippen LogP contribution in [0.3, 0.4) is 0 Å². The summed E-state index contributed by atoms with van der Waals surface area (Å²) in [4.78, 5) is 5.88. The zero-order valence-electron chi connectivity index (χ0n) is 11.5. The van der Waals surface area contributed by atoms with Gasteiger partial charge in [-0.2, -0.15) is 13.2 Å². The van der Waals surface area contributed by atoms with Crippen molar-refractivity contribution < 1.29 is 13.2 Å². The highest BCUT2D eigenvalue weighted by Crippen LogP contribution is 2.37. The first-order valence-corrected chi connectivity index (χ1v) is 7.28. The third-order valence-electron chi connectivity index (χ3n) is 2.70. The highest BCUT2D eigenvalue weighted by Gasteiger charge is 2.37. The highest BCUT2D eigenvalue weighted by molar-refractivity contribution is 7.15. The fourth-order valence-corrected chi connectivity index (χ4v) is 2.87. The second-order valence-electron chi connectivity index (χ2n) is 4.12. The van der Waals surface area contributed by atoms with Crippen molar-refractivity contribution in [2.24, 2.45) is 0 Å². The van der Waals surface area contributed by atoms with E-state index in [2.05, 4.69) is 10.3 Å². The SMILES string of the molecule is CCCNCc1sc(N(CC)CC)nc1C(F)(F)F. The van der Waals surface area contributed by atoms with E-state index in [-0.39, 0.29) is 11.4 Å². The molecule has 0 saturated carbocycles. The summed E-state index contributed by atoms with van der Waals surface area (Å²) in [5.74, 6) is 0. The standard InChI is InChI=1S/C12H20F3N3S/c1-4-7-16-8-9-10(12(13,14)15)17-11(19-9)18(5-2)6-3/h16H,4-8H2,1-3H3. The molecule has 1 heterocycles. The Hall–Kier alpha value is -0.820. The number of thiazole rings is 1. The van der Waals surface area contributed by atoms with Crippen molar-refractivity contribution in [3.8, 4) is 0 Å². The van der Waals surface area contributed by atoms with Crippen molar-refractivity contribution in [3.05, 3.63) is 10.6 Å². The van der Waals surface area contributed by atoms with Gasteiger partial charge >= 0.3 is 6.18 Å². The molecule has 0 spiro atoms. The van der Waals surface area contributed by atoms with Crippen LogP contribution >= 0.6 is 11.3 Å². The van der Waals surface area contributed by atoms with Crippen LogP contribution in [0.2, 0.25) is 0 Å². The molecule has 0 aliphatic rings. The highest BCUT2D eigenvalue weighted by atomic mass is 32.1. The Morgan fingerprint density at radius 3 is 2.32 bits per heavy atom. The van der Waals surface area contributed by atoms with E-state index >= 15 is 0 Å². The fraction of sp³-hybridized carbons (Fsp3) is 0.750. The number of hydrogen-bond donors (Lipinski definition) is 1. The van der Waals surface area contributed by atoms with Gasteiger partial charge in [-0.15, -0.1) is 0 Å². The van der Waals surface area contributed by atoms with Crippen LogP contribution < -0.4 is 10.2 Å². The number of aromatic nitrogens is 1. The van der Waals surface area contributed by atoms with E-state index in [0.29, 0.717) is 24.8 Å². The van der Waals surface area contributed by atoms with Crippen molar-refractivity contribution >= 4 is 16.5 Å². The maximum atomic E-state index is 12.9. The van der Waals surface area contributed by atoms with Crippen LogP contribution in [0, 0.1) is 0 Å². The molecule has 110 valence electrons. The Morgan fingerprint density at radius 2 is 1.84 bits per heavy atom. The Labute approximate surface area is 115 Å². The number of nitrogens with one attached hydrogen (secondary N) is 1. The van der Waals surface area contributed by atoms with E-state index in [9.17, 15) is 13.2 Å². The molecule has 1 aromatic rings. The maximum Gasteiger partial charge on any atom is 0.434 e. The zero-order valence-corrected chi connectivity index (χ0v) is 12.3. The second kappa shape index (κ2) is 7.09. The molecule has 7 heteroatoms. The van der Waals surface area contributed by atoms with Gasteiger partial charge in [-0.3, -0.25) is 0 Å². The molecule has 0 amide bonds. The Bertz CT molecular complexity index is 386. The van der Waals surface area contributed by atoms with E-state index in [1.54, 1.807) is 0 Å². The molecule has 0 saturated heterocycles. The molecule has 0 fully saturated rings. The summed E-state index contributed by atoms with van der Waals surface area (Å²) < 4.78 is 38.8. The lowest BCUT2D eigenvalue weighted by Crippen LogP contribution is -2.21. The third kappa shape index (κ3) is 4.35. The first-order chi connectivity index (χ1) is 8.93. The molecule has 0 aliphatic heterocycles. The largest absolute Gasteiger partial charge is 0.434 e. The number of anilines is 1. The Morgan fingerprint density at radius 1 is 1.21 bits per heavy atom. The van der Waals surface area contributed by atoms with Crippen LogP contribution in [-0.4, -0.2) is 24.6 Å². The van der Waals surface area contributed by atoms with E-state index < -0.39 is 11.9 Å². The molecule has 0 atom stereocenters. The van der Waals surface area contributed by atoms with Crippen LogP contribution in [0.5, 0.6) is 0 Å². The van der Waals surface area contributed by atoms with Gasteiger partial charge in [0.15, 0.2) is 10.8 Å². The quantitative estimate of drug-likeness (QED) is 0.780. The van der Waals surface area contributed by atoms with Gasteiger partial charge in [0, 0.05) is 19.6 Å². The first kappa shape index (κ1) is 16.2. The van der Waals surface area contributed by atoms with Gasteiger partial charge in [-0.1, -0.05) is 18.3 Å². The molecule has 0 aromatic carbocycles. The Balaban J connectivity index is 2.98. The number of alkyl halides is 3. The van der Waals surface area contributed by atoms with Crippen LogP contribution in [-0.2, 0) is 12.7 Å². The Kier molecular flexibility index (Phi) is 6.06. The molecule has 3 nitrogen and oxygen atoms in total. The van der Waals surface area contributed by atoms with Crippen LogP contribution in [0.25, 0.3) is 0 Å². The van der Waals surface area contributed by atoms with Gasteiger partial charge in [-0.05, 0) is 26.8 Å². The van der Waals surface area contributed by atoms with Crippen molar-refractivity contribution in [1.82, 2.24) is 10.3 Å². The van der Waals surface area contributed by atoms with Crippen LogP contribution in [0.4, 0.5) is 18.3 Å². The van der Waals surface area contributed by atoms with E-state index in [0.717, 1.165) is 17.8 Å². The lowest BCUT2D eigenvalue weighted by Gasteiger charge is -2.16. The minimum Gasteiger partial charge on any atom is -0.349 e. The fourth-order valence-electron chi connectivity index (χ4n) is 1.69. The molecule has 0 unspecified atom stereocenters. The van der Waals surface area contributed by atoms with Gasteiger partial charge < -0.3 is 10.2 Å². The molecule has 1 aromatic heterocycles. The summed E-state index contributed by atoms with van der Waals surface area (Å²) in [6.07, 6.45) is -3.49. The van der Waals surface area contributed by atoms with E-state index in [1.165, 1.54) is 0 Å². The second-order valence-corrected chi connectivity index (χ2v) is 5.18. The van der Waals surface area contributed by atoms with Gasteiger partial charge in [0.05, 0.1) is 4.88 Å². The van der Waals surface area contributed by atoms with E-state index in [1.807, 2.05) is 25.7 Å². The topological polar surface area (TPSA) is 28.2 Å². The van der Waals surface area contributed by atoms with E-state index in [4.69, 9.17) is 0 Å². The zero-order chi connectivity index (χ0) is 14.5. The van der Waals surface area contributed by atoms with Crippen molar-refractivity contribution in [3.63, 3.8) is 0 Å². The van der Waals surface area contributed by atoms with Gasteiger partial charge in [0.25, 0.3) is 0 Å². The minimum absolute atomic E-state index is 0.224. The maximum absolute atomic E-state index is 12.9. The molecule has 19 heavy (non-hydrogen) atoms. The molecule has 0 aliphatic carbocycles. The third-order valence-corrected chi connectivity index (χ3v) is 3.82. The van der Waals surface area contributed by atoms with Crippen molar-refractivity contribution in [2.75, 3.05) is 24.5 Å². The van der Waals surface area contributed by atoms with Gasteiger partial charge in [-0.25, -0.2) is 4.98 Å². The number of nitrogens with zero attached hydrogens (tertiary/aromatic N) is 2.